The van der Waals surface area contributed by atoms with Gasteiger partial charge in [0.15, 0.2) is 23.8 Å². The van der Waals surface area contributed by atoms with Crippen LogP contribution in [0.25, 0.3) is 0 Å². The van der Waals surface area contributed by atoms with Crippen molar-refractivity contribution in [3.05, 3.63) is 18.0 Å². The zero-order valence-electron chi connectivity index (χ0n) is 11.1. The van der Waals surface area contributed by atoms with Gasteiger partial charge in [-0.3, -0.25) is 0 Å². The third-order valence-electron chi connectivity index (χ3n) is 2.50. The number of alkyl halides is 7. The predicted molar refractivity (Wildman–Crippen MR) is 59.2 cm³/mol. The number of aromatic carboxylic acids is 1. The van der Waals surface area contributed by atoms with E-state index in [1.54, 1.807) is 0 Å². The summed E-state index contributed by atoms with van der Waals surface area (Å²) < 4.78 is 96.3. The summed E-state index contributed by atoms with van der Waals surface area (Å²) in [5.41, 5.74) is -0.795. The van der Waals surface area contributed by atoms with Crippen LogP contribution in [0.15, 0.2) is 12.3 Å². The van der Waals surface area contributed by atoms with E-state index in [1.807, 2.05) is 0 Å². The molecule has 130 valence electrons. The van der Waals surface area contributed by atoms with Gasteiger partial charge in [-0.2, -0.15) is 30.7 Å². The number of nitrogens with zero attached hydrogens (tertiary/aromatic N) is 1. The van der Waals surface area contributed by atoms with Crippen molar-refractivity contribution in [1.29, 1.82) is 0 Å². The highest BCUT2D eigenvalue weighted by atomic mass is 19.4. The summed E-state index contributed by atoms with van der Waals surface area (Å²) in [5, 5.41) is 8.77. The zero-order valence-corrected chi connectivity index (χ0v) is 11.1. The van der Waals surface area contributed by atoms with Gasteiger partial charge in [0.1, 0.15) is 0 Å². The van der Waals surface area contributed by atoms with Crippen LogP contribution < -0.4 is 9.47 Å². The van der Waals surface area contributed by atoms with Crippen molar-refractivity contribution < 1.29 is 50.1 Å². The lowest BCUT2D eigenvalue weighted by molar-refractivity contribution is -0.358. The van der Waals surface area contributed by atoms with Crippen LogP contribution in [0.1, 0.15) is 10.5 Å². The Kier molecular flexibility index (Phi) is 4.97. The average molecular weight is 351 g/mol. The number of methoxy groups -OCH3 is 1. The van der Waals surface area contributed by atoms with E-state index in [0.717, 1.165) is 19.4 Å². The number of carboxylic acid groups (broad SMARTS) is 1. The molecule has 0 bridgehead atoms. The largest absolute Gasteiger partial charge is 0.491 e. The third kappa shape index (κ3) is 3.56. The maximum absolute atomic E-state index is 13.1. The van der Waals surface area contributed by atoms with Gasteiger partial charge in [-0.1, -0.05) is 0 Å². The van der Waals surface area contributed by atoms with Crippen molar-refractivity contribution in [3.8, 4) is 11.5 Å². The van der Waals surface area contributed by atoms with E-state index < -0.39 is 47.8 Å². The quantitative estimate of drug-likeness (QED) is 0.798. The molecule has 1 aromatic heterocycles. The second-order valence-electron chi connectivity index (χ2n) is 4.06. The van der Waals surface area contributed by atoms with E-state index in [2.05, 4.69) is 14.5 Å². The molecule has 1 aromatic rings. The summed E-state index contributed by atoms with van der Waals surface area (Å²) >= 11 is 0. The molecule has 1 heterocycles. The first-order valence-electron chi connectivity index (χ1n) is 5.56. The molecule has 0 fully saturated rings. The van der Waals surface area contributed by atoms with Crippen molar-refractivity contribution in [2.75, 3.05) is 13.7 Å². The van der Waals surface area contributed by atoms with E-state index in [-0.39, 0.29) is 0 Å². The van der Waals surface area contributed by atoms with Gasteiger partial charge in [0.05, 0.1) is 7.11 Å². The van der Waals surface area contributed by atoms with E-state index >= 15 is 0 Å². The minimum Gasteiger partial charge on any atom is -0.491 e. The number of ether oxygens (including phenoxy) is 2. The molecule has 0 unspecified atom stereocenters. The number of carbonyl (C=O) groups is 1. The molecule has 1 rings (SSSR count). The highest BCUT2D eigenvalue weighted by Gasteiger charge is 2.73. The van der Waals surface area contributed by atoms with Crippen LogP contribution in [-0.2, 0) is 0 Å². The molecule has 0 atom stereocenters. The van der Waals surface area contributed by atoms with Crippen LogP contribution in [0.3, 0.4) is 0 Å². The molecule has 0 aliphatic heterocycles. The molecule has 0 saturated carbocycles. The van der Waals surface area contributed by atoms with Gasteiger partial charge in [-0.15, -0.1) is 0 Å². The van der Waals surface area contributed by atoms with Crippen molar-refractivity contribution in [2.45, 2.75) is 18.0 Å². The molecule has 0 radical (unpaired) electrons. The number of aromatic nitrogens is 1. The fraction of sp³-hybridized carbons (Fsp3) is 0.455. The van der Waals surface area contributed by atoms with Crippen LogP contribution in [0.4, 0.5) is 30.7 Å². The Morgan fingerprint density at radius 3 is 2.22 bits per heavy atom. The first kappa shape index (κ1) is 18.8. The lowest BCUT2D eigenvalue weighted by atomic mass is 10.2. The van der Waals surface area contributed by atoms with Crippen LogP contribution in [0.5, 0.6) is 11.5 Å². The summed E-state index contributed by atoms with van der Waals surface area (Å²) in [5.74, 6) is -15.1. The molecular formula is C11H8F7NO4. The Morgan fingerprint density at radius 2 is 1.78 bits per heavy atom. The second kappa shape index (κ2) is 6.08. The van der Waals surface area contributed by atoms with Gasteiger partial charge in [0.25, 0.3) is 0 Å². The SMILES string of the molecule is COc1c(OCC(F)(F)C(F)(F)C(F)(F)F)ccnc1C(=O)O. The van der Waals surface area contributed by atoms with Crippen LogP contribution in [-0.4, -0.2) is 47.8 Å². The van der Waals surface area contributed by atoms with Gasteiger partial charge in [0.2, 0.25) is 0 Å². The Balaban J connectivity index is 3.07. The summed E-state index contributed by atoms with van der Waals surface area (Å²) in [6.45, 7) is -2.36. The van der Waals surface area contributed by atoms with Gasteiger partial charge < -0.3 is 14.6 Å². The van der Waals surface area contributed by atoms with Crippen LogP contribution >= 0.6 is 0 Å². The first-order valence-corrected chi connectivity index (χ1v) is 5.56. The maximum Gasteiger partial charge on any atom is 0.460 e. The Bertz CT molecular complexity index is 588. The molecule has 23 heavy (non-hydrogen) atoms. The van der Waals surface area contributed by atoms with Gasteiger partial charge in [-0.05, 0) is 0 Å². The molecule has 5 nitrogen and oxygen atoms in total. The van der Waals surface area contributed by atoms with Crippen LogP contribution in [0, 0.1) is 0 Å². The minimum absolute atomic E-state index is 0.703. The summed E-state index contributed by atoms with van der Waals surface area (Å²) in [4.78, 5) is 14.1. The standard InChI is InChI=1S/C11H8F7NO4/c1-22-7-5(2-3-19-6(7)8(20)21)23-4-9(12,13)10(14,15)11(16,17)18/h2-3H,4H2,1H3,(H,20,21). The highest BCUT2D eigenvalue weighted by Crippen LogP contribution is 2.46. The fourth-order valence-corrected chi connectivity index (χ4v) is 1.36. The molecule has 0 aliphatic carbocycles. The smallest absolute Gasteiger partial charge is 0.460 e. The Morgan fingerprint density at radius 1 is 1.22 bits per heavy atom. The summed E-state index contributed by atoms with van der Waals surface area (Å²) in [7, 11) is 0.902. The maximum atomic E-state index is 13.1. The van der Waals surface area contributed by atoms with Crippen LogP contribution in [0.2, 0.25) is 0 Å². The molecule has 1 N–H and O–H groups in total. The number of hydrogen-bond acceptors (Lipinski definition) is 4. The number of carboxylic acids is 1. The van der Waals surface area contributed by atoms with E-state index in [9.17, 15) is 35.5 Å². The molecule has 0 aromatic carbocycles. The summed E-state index contributed by atoms with van der Waals surface area (Å²) in [6, 6.07) is 0.771. The molecule has 0 spiro atoms. The third-order valence-corrected chi connectivity index (χ3v) is 2.50. The molecule has 12 heteroatoms. The predicted octanol–water partition coefficient (Wildman–Crippen LogP) is 3.00. The Labute approximate surface area is 123 Å². The molecule has 0 aliphatic rings. The fourth-order valence-electron chi connectivity index (χ4n) is 1.36. The van der Waals surface area contributed by atoms with Crippen molar-refractivity contribution in [3.63, 3.8) is 0 Å². The number of pyridine rings is 1. The average Bonchev–Trinajstić information content (AvgIpc) is 2.43. The number of hydrogen-bond donors (Lipinski definition) is 1. The normalized spacial score (nSPS) is 12.9. The van der Waals surface area contributed by atoms with E-state index in [0.29, 0.717) is 0 Å². The number of rotatable bonds is 6. The topological polar surface area (TPSA) is 68.7 Å². The zero-order chi connectivity index (χ0) is 18.1. The number of halogens is 7. The van der Waals surface area contributed by atoms with E-state index in [1.165, 1.54) is 0 Å². The summed E-state index contributed by atoms with van der Waals surface area (Å²) in [6.07, 6.45) is -5.73. The van der Waals surface area contributed by atoms with Gasteiger partial charge >= 0.3 is 24.0 Å². The van der Waals surface area contributed by atoms with Crippen molar-refractivity contribution >= 4 is 5.97 Å². The lowest BCUT2D eigenvalue weighted by Gasteiger charge is -2.28. The Hall–Kier alpha value is -2.27. The second-order valence-corrected chi connectivity index (χ2v) is 4.06. The first-order chi connectivity index (χ1) is 10.3. The monoisotopic (exact) mass is 351 g/mol. The minimum atomic E-state index is -6.49. The van der Waals surface area contributed by atoms with Gasteiger partial charge in [0, 0.05) is 12.3 Å². The van der Waals surface area contributed by atoms with E-state index in [4.69, 9.17) is 5.11 Å². The molecule has 0 amide bonds. The van der Waals surface area contributed by atoms with Crippen molar-refractivity contribution in [2.24, 2.45) is 0 Å². The lowest BCUT2D eigenvalue weighted by Crippen LogP contribution is -2.54. The molecular weight excluding hydrogens is 343 g/mol. The highest BCUT2D eigenvalue weighted by molar-refractivity contribution is 5.89. The van der Waals surface area contributed by atoms with Crippen molar-refractivity contribution in [1.82, 2.24) is 4.98 Å². The molecule has 0 saturated heterocycles. The van der Waals surface area contributed by atoms with Gasteiger partial charge in [-0.25, -0.2) is 9.78 Å².